The lowest BCUT2D eigenvalue weighted by atomic mass is 10.1. The second-order valence-electron chi connectivity index (χ2n) is 4.69. The van der Waals surface area contributed by atoms with E-state index in [9.17, 15) is 0 Å². The van der Waals surface area contributed by atoms with Crippen LogP contribution in [0.3, 0.4) is 0 Å². The number of benzene rings is 2. The minimum atomic E-state index is 0.0998. The fourth-order valence-corrected chi connectivity index (χ4v) is 2.47. The fourth-order valence-electron chi connectivity index (χ4n) is 2.17. The molecule has 3 rings (SSSR count). The minimum absolute atomic E-state index is 0.0998. The lowest BCUT2D eigenvalue weighted by Crippen LogP contribution is -2.07. The normalized spacial score (nSPS) is 12.1. The van der Waals surface area contributed by atoms with Crippen LogP contribution in [0.1, 0.15) is 18.5 Å². The Morgan fingerprint density at radius 3 is 2.76 bits per heavy atom. The Balaban J connectivity index is 1.82. The van der Waals surface area contributed by atoms with Crippen molar-refractivity contribution in [3.8, 4) is 5.69 Å². The van der Waals surface area contributed by atoms with Gasteiger partial charge in [-0.2, -0.15) is 0 Å². The van der Waals surface area contributed by atoms with E-state index < -0.39 is 0 Å². The highest BCUT2D eigenvalue weighted by Gasteiger charge is 2.09. The van der Waals surface area contributed by atoms with Crippen molar-refractivity contribution in [1.82, 2.24) is 20.2 Å². The maximum atomic E-state index is 6.23. The molecule has 0 amide bonds. The number of rotatable bonds is 4. The largest absolute Gasteiger partial charge is 0.378 e. The zero-order chi connectivity index (χ0) is 14.7. The topological polar surface area (TPSA) is 55.6 Å². The molecule has 0 aliphatic carbocycles. The van der Waals surface area contributed by atoms with Gasteiger partial charge in [-0.3, -0.25) is 0 Å². The summed E-state index contributed by atoms with van der Waals surface area (Å²) in [6, 6.07) is 15.8. The molecule has 2 aromatic carbocycles. The summed E-state index contributed by atoms with van der Waals surface area (Å²) < 4.78 is 1.62. The van der Waals surface area contributed by atoms with Crippen LogP contribution < -0.4 is 5.32 Å². The van der Waals surface area contributed by atoms with Crippen molar-refractivity contribution in [1.29, 1.82) is 0 Å². The van der Waals surface area contributed by atoms with Crippen LogP contribution in [-0.4, -0.2) is 20.2 Å². The summed E-state index contributed by atoms with van der Waals surface area (Å²) in [5, 5.41) is 15.4. The van der Waals surface area contributed by atoms with Gasteiger partial charge in [-0.25, -0.2) is 4.68 Å². The number of nitrogens with one attached hydrogen (secondary N) is 1. The molecule has 0 radical (unpaired) electrons. The van der Waals surface area contributed by atoms with E-state index in [0.29, 0.717) is 0 Å². The number of hydrogen-bond acceptors (Lipinski definition) is 4. The van der Waals surface area contributed by atoms with E-state index in [0.717, 1.165) is 22.0 Å². The molecule has 1 unspecified atom stereocenters. The molecule has 0 saturated heterocycles. The van der Waals surface area contributed by atoms with Gasteiger partial charge in [0.15, 0.2) is 0 Å². The Bertz CT molecular complexity index is 726. The van der Waals surface area contributed by atoms with E-state index in [1.54, 1.807) is 11.0 Å². The van der Waals surface area contributed by atoms with E-state index in [1.165, 1.54) is 0 Å². The Kier molecular flexibility index (Phi) is 3.83. The molecule has 0 aliphatic rings. The summed E-state index contributed by atoms with van der Waals surface area (Å²) >= 11 is 6.23. The molecule has 0 bridgehead atoms. The van der Waals surface area contributed by atoms with E-state index in [1.807, 2.05) is 48.5 Å². The molecule has 1 N–H and O–H groups in total. The van der Waals surface area contributed by atoms with Crippen molar-refractivity contribution in [3.05, 3.63) is 65.4 Å². The Hall–Kier alpha value is -2.40. The Labute approximate surface area is 127 Å². The molecular formula is C15H14ClN5. The lowest BCUT2D eigenvalue weighted by molar-refractivity contribution is 0.788. The van der Waals surface area contributed by atoms with Crippen molar-refractivity contribution >= 4 is 17.3 Å². The smallest absolute Gasteiger partial charge is 0.143 e. The molecule has 1 atom stereocenters. The summed E-state index contributed by atoms with van der Waals surface area (Å²) in [6.07, 6.45) is 1.57. The van der Waals surface area contributed by atoms with Crippen LogP contribution in [0.2, 0.25) is 5.02 Å². The second kappa shape index (κ2) is 5.93. The van der Waals surface area contributed by atoms with Crippen LogP contribution in [-0.2, 0) is 0 Å². The molecule has 0 fully saturated rings. The standard InChI is InChI=1S/C15H14ClN5/c1-11(14-7-2-3-8-15(14)16)18-12-5-4-6-13(9-12)21-10-17-19-20-21/h2-11,18H,1H3. The summed E-state index contributed by atoms with van der Waals surface area (Å²) in [5.74, 6) is 0. The first-order valence-corrected chi connectivity index (χ1v) is 6.96. The molecule has 3 aromatic rings. The average Bonchev–Trinajstić information content (AvgIpc) is 3.02. The van der Waals surface area contributed by atoms with Gasteiger partial charge in [0.2, 0.25) is 0 Å². The van der Waals surface area contributed by atoms with Gasteiger partial charge in [-0.05, 0) is 47.2 Å². The molecule has 0 saturated carbocycles. The number of tetrazole rings is 1. The van der Waals surface area contributed by atoms with Gasteiger partial charge in [0.05, 0.1) is 5.69 Å². The maximum absolute atomic E-state index is 6.23. The van der Waals surface area contributed by atoms with Gasteiger partial charge < -0.3 is 5.32 Å². The average molecular weight is 300 g/mol. The number of hydrogen-bond donors (Lipinski definition) is 1. The predicted octanol–water partition coefficient (Wildman–Crippen LogP) is 3.49. The van der Waals surface area contributed by atoms with Gasteiger partial charge in [0, 0.05) is 16.8 Å². The van der Waals surface area contributed by atoms with Gasteiger partial charge in [-0.15, -0.1) is 5.10 Å². The monoisotopic (exact) mass is 299 g/mol. The van der Waals surface area contributed by atoms with Gasteiger partial charge in [0.25, 0.3) is 0 Å². The molecule has 106 valence electrons. The quantitative estimate of drug-likeness (QED) is 0.801. The zero-order valence-electron chi connectivity index (χ0n) is 11.4. The van der Waals surface area contributed by atoms with Crippen LogP contribution in [0.5, 0.6) is 0 Å². The Morgan fingerprint density at radius 2 is 2.00 bits per heavy atom. The molecule has 1 aromatic heterocycles. The summed E-state index contributed by atoms with van der Waals surface area (Å²) in [4.78, 5) is 0. The first-order valence-electron chi connectivity index (χ1n) is 6.58. The third-order valence-corrected chi connectivity index (χ3v) is 3.56. The highest BCUT2D eigenvalue weighted by Crippen LogP contribution is 2.26. The first-order chi connectivity index (χ1) is 10.2. The molecule has 0 aliphatic heterocycles. The van der Waals surface area contributed by atoms with Crippen LogP contribution in [0.4, 0.5) is 5.69 Å². The van der Waals surface area contributed by atoms with E-state index in [-0.39, 0.29) is 6.04 Å². The highest BCUT2D eigenvalue weighted by molar-refractivity contribution is 6.31. The first kappa shape index (κ1) is 13.6. The zero-order valence-corrected chi connectivity index (χ0v) is 12.2. The molecule has 6 heteroatoms. The third-order valence-electron chi connectivity index (χ3n) is 3.21. The number of halogens is 1. The molecular weight excluding hydrogens is 286 g/mol. The number of nitrogens with zero attached hydrogens (tertiary/aromatic N) is 4. The van der Waals surface area contributed by atoms with Crippen molar-refractivity contribution < 1.29 is 0 Å². The van der Waals surface area contributed by atoms with Crippen LogP contribution in [0, 0.1) is 0 Å². The summed E-state index contributed by atoms with van der Waals surface area (Å²) in [6.45, 7) is 2.07. The van der Waals surface area contributed by atoms with Crippen LogP contribution in [0.25, 0.3) is 5.69 Å². The summed E-state index contributed by atoms with van der Waals surface area (Å²) in [7, 11) is 0. The van der Waals surface area contributed by atoms with Crippen molar-refractivity contribution in [3.63, 3.8) is 0 Å². The van der Waals surface area contributed by atoms with Gasteiger partial charge in [-0.1, -0.05) is 35.9 Å². The fraction of sp³-hybridized carbons (Fsp3) is 0.133. The highest BCUT2D eigenvalue weighted by atomic mass is 35.5. The molecule has 0 spiro atoms. The van der Waals surface area contributed by atoms with Gasteiger partial charge >= 0.3 is 0 Å². The van der Waals surface area contributed by atoms with Crippen molar-refractivity contribution in [2.24, 2.45) is 0 Å². The Morgan fingerprint density at radius 1 is 1.14 bits per heavy atom. The van der Waals surface area contributed by atoms with E-state index >= 15 is 0 Å². The SMILES string of the molecule is CC(Nc1cccc(-n2cnnn2)c1)c1ccccc1Cl. The second-order valence-corrected chi connectivity index (χ2v) is 5.10. The van der Waals surface area contributed by atoms with Crippen LogP contribution in [0.15, 0.2) is 54.9 Å². The minimum Gasteiger partial charge on any atom is -0.378 e. The third kappa shape index (κ3) is 3.03. The lowest BCUT2D eigenvalue weighted by Gasteiger charge is -2.17. The van der Waals surface area contributed by atoms with Crippen molar-refractivity contribution in [2.45, 2.75) is 13.0 Å². The van der Waals surface area contributed by atoms with E-state index in [4.69, 9.17) is 11.6 Å². The maximum Gasteiger partial charge on any atom is 0.143 e. The van der Waals surface area contributed by atoms with Crippen LogP contribution >= 0.6 is 11.6 Å². The predicted molar refractivity (Wildman–Crippen MR) is 82.6 cm³/mol. The molecule has 21 heavy (non-hydrogen) atoms. The molecule has 1 heterocycles. The van der Waals surface area contributed by atoms with Crippen molar-refractivity contribution in [2.75, 3.05) is 5.32 Å². The number of anilines is 1. The number of aromatic nitrogens is 4. The molecule has 5 nitrogen and oxygen atoms in total. The van der Waals surface area contributed by atoms with Gasteiger partial charge in [0.1, 0.15) is 6.33 Å². The van der Waals surface area contributed by atoms with E-state index in [2.05, 4.69) is 27.8 Å². The summed E-state index contributed by atoms with van der Waals surface area (Å²) in [5.41, 5.74) is 2.94.